The van der Waals surface area contributed by atoms with E-state index in [1.165, 1.54) is 0 Å². The van der Waals surface area contributed by atoms with Crippen LogP contribution in [-0.2, 0) is 4.74 Å². The average molecular weight is 263 g/mol. The second-order valence-electron chi connectivity index (χ2n) is 4.07. The average Bonchev–Trinajstić information content (AvgIpc) is 2.94. The molecule has 2 rings (SSSR count). The number of ether oxygens (including phenoxy) is 2. The van der Waals surface area contributed by atoms with Gasteiger partial charge in [0.25, 0.3) is 0 Å². The number of hydrogen-bond donors (Lipinski definition) is 1. The molecule has 2 aromatic rings. The molecule has 102 valence electrons. The summed E-state index contributed by atoms with van der Waals surface area (Å²) in [5.41, 5.74) is 6.78. The summed E-state index contributed by atoms with van der Waals surface area (Å²) in [5, 5.41) is 3.92. The Morgan fingerprint density at radius 1 is 1.26 bits per heavy atom. The predicted molar refractivity (Wildman–Crippen MR) is 69.7 cm³/mol. The normalized spacial score (nSPS) is 12.4. The quantitative estimate of drug-likeness (QED) is 0.855. The van der Waals surface area contributed by atoms with Gasteiger partial charge in [0, 0.05) is 19.3 Å². The summed E-state index contributed by atoms with van der Waals surface area (Å²) in [6, 6.07) is 7.12. The molecule has 0 bridgehead atoms. The van der Waals surface area contributed by atoms with Gasteiger partial charge in [0.05, 0.1) is 13.2 Å². The first-order chi connectivity index (χ1) is 9.24. The molecule has 1 aromatic heterocycles. The first-order valence-corrected chi connectivity index (χ1v) is 5.97. The largest absolute Gasteiger partial charge is 0.497 e. The van der Waals surface area contributed by atoms with Crippen LogP contribution in [0.3, 0.4) is 0 Å². The van der Waals surface area contributed by atoms with Crippen molar-refractivity contribution in [2.45, 2.75) is 12.5 Å². The maximum absolute atomic E-state index is 5.92. The van der Waals surface area contributed by atoms with Crippen molar-refractivity contribution in [1.82, 2.24) is 10.1 Å². The summed E-state index contributed by atoms with van der Waals surface area (Å²) >= 11 is 0. The van der Waals surface area contributed by atoms with Crippen LogP contribution in [0.1, 0.15) is 18.4 Å². The van der Waals surface area contributed by atoms with E-state index >= 15 is 0 Å². The van der Waals surface area contributed by atoms with Gasteiger partial charge in [-0.15, -0.1) is 0 Å². The molecular weight excluding hydrogens is 246 g/mol. The van der Waals surface area contributed by atoms with Crippen molar-refractivity contribution in [1.29, 1.82) is 0 Å². The highest BCUT2D eigenvalue weighted by atomic mass is 16.5. The maximum atomic E-state index is 5.92. The van der Waals surface area contributed by atoms with Gasteiger partial charge in [-0.05, 0) is 30.7 Å². The van der Waals surface area contributed by atoms with Gasteiger partial charge in [-0.25, -0.2) is 0 Å². The number of methoxy groups -OCH3 is 2. The van der Waals surface area contributed by atoms with Crippen LogP contribution in [0.4, 0.5) is 0 Å². The summed E-state index contributed by atoms with van der Waals surface area (Å²) in [7, 11) is 3.25. The van der Waals surface area contributed by atoms with Crippen LogP contribution in [-0.4, -0.2) is 31.0 Å². The van der Waals surface area contributed by atoms with E-state index in [0.29, 0.717) is 24.7 Å². The van der Waals surface area contributed by atoms with Gasteiger partial charge >= 0.3 is 0 Å². The van der Waals surface area contributed by atoms with Gasteiger partial charge in [-0.1, -0.05) is 5.16 Å². The molecule has 6 nitrogen and oxygen atoms in total. The van der Waals surface area contributed by atoms with Gasteiger partial charge in [0.1, 0.15) is 5.75 Å². The molecule has 1 atom stereocenters. The summed E-state index contributed by atoms with van der Waals surface area (Å²) < 4.78 is 15.2. The highest BCUT2D eigenvalue weighted by molar-refractivity contribution is 5.55. The first kappa shape index (κ1) is 13.5. The third kappa shape index (κ3) is 3.30. The number of nitrogens with two attached hydrogens (primary N) is 1. The molecule has 0 amide bonds. The molecule has 0 spiro atoms. The van der Waals surface area contributed by atoms with E-state index in [2.05, 4.69) is 10.1 Å². The Bertz CT molecular complexity index is 510. The summed E-state index contributed by atoms with van der Waals surface area (Å²) in [4.78, 5) is 4.29. The molecule has 19 heavy (non-hydrogen) atoms. The minimum Gasteiger partial charge on any atom is -0.497 e. The Labute approximate surface area is 111 Å². The molecule has 1 aromatic carbocycles. The lowest BCUT2D eigenvalue weighted by Crippen LogP contribution is -2.12. The molecular formula is C13H17N3O3. The fourth-order valence-corrected chi connectivity index (χ4v) is 1.61. The zero-order valence-corrected chi connectivity index (χ0v) is 11.0. The second-order valence-corrected chi connectivity index (χ2v) is 4.07. The molecule has 0 aliphatic carbocycles. The molecule has 1 unspecified atom stereocenters. The molecule has 0 fully saturated rings. The molecule has 0 radical (unpaired) electrons. The topological polar surface area (TPSA) is 83.4 Å². The summed E-state index contributed by atoms with van der Waals surface area (Å²) in [6.45, 7) is 0.557. The Kier molecular flexibility index (Phi) is 4.48. The van der Waals surface area contributed by atoms with Gasteiger partial charge in [-0.3, -0.25) is 0 Å². The van der Waals surface area contributed by atoms with Gasteiger partial charge in [-0.2, -0.15) is 4.98 Å². The Hall–Kier alpha value is -1.92. The maximum Gasteiger partial charge on any atom is 0.243 e. The van der Waals surface area contributed by atoms with E-state index < -0.39 is 0 Å². The van der Waals surface area contributed by atoms with Crippen molar-refractivity contribution in [3.8, 4) is 17.1 Å². The monoisotopic (exact) mass is 263 g/mol. The zero-order valence-electron chi connectivity index (χ0n) is 11.0. The van der Waals surface area contributed by atoms with E-state index in [0.717, 1.165) is 11.3 Å². The van der Waals surface area contributed by atoms with Crippen molar-refractivity contribution < 1.29 is 14.0 Å². The summed E-state index contributed by atoms with van der Waals surface area (Å²) in [6.07, 6.45) is 0.640. The number of aromatic nitrogens is 2. The van der Waals surface area contributed by atoms with Gasteiger partial charge in [0.2, 0.25) is 11.7 Å². The number of hydrogen-bond acceptors (Lipinski definition) is 6. The van der Waals surface area contributed by atoms with Gasteiger partial charge < -0.3 is 19.7 Å². The van der Waals surface area contributed by atoms with Crippen molar-refractivity contribution in [3.05, 3.63) is 30.2 Å². The van der Waals surface area contributed by atoms with Crippen LogP contribution in [0, 0.1) is 0 Å². The minimum atomic E-state index is -0.306. The fourth-order valence-electron chi connectivity index (χ4n) is 1.61. The smallest absolute Gasteiger partial charge is 0.243 e. The first-order valence-electron chi connectivity index (χ1n) is 5.97. The highest BCUT2D eigenvalue weighted by Crippen LogP contribution is 2.21. The zero-order chi connectivity index (χ0) is 13.7. The second kappa shape index (κ2) is 6.31. The molecule has 2 N–H and O–H groups in total. The standard InChI is InChI=1S/C13H17N3O3/c1-17-8-7-11(14)13-15-12(16-19-13)9-3-5-10(18-2)6-4-9/h3-6,11H,7-8,14H2,1-2H3. The summed E-state index contributed by atoms with van der Waals surface area (Å²) in [5.74, 6) is 1.72. The van der Waals surface area contributed by atoms with Crippen LogP contribution < -0.4 is 10.5 Å². The van der Waals surface area contributed by atoms with Crippen LogP contribution in [0.15, 0.2) is 28.8 Å². The van der Waals surface area contributed by atoms with Crippen LogP contribution in [0.2, 0.25) is 0 Å². The van der Waals surface area contributed by atoms with Crippen molar-refractivity contribution in [2.24, 2.45) is 5.73 Å². The van der Waals surface area contributed by atoms with Crippen molar-refractivity contribution >= 4 is 0 Å². The Morgan fingerprint density at radius 3 is 2.63 bits per heavy atom. The molecule has 6 heteroatoms. The molecule has 0 aliphatic rings. The minimum absolute atomic E-state index is 0.306. The Balaban J connectivity index is 2.11. The third-order valence-electron chi connectivity index (χ3n) is 2.74. The SMILES string of the molecule is COCCC(N)c1nc(-c2ccc(OC)cc2)no1. The number of nitrogens with zero attached hydrogens (tertiary/aromatic N) is 2. The van der Waals surface area contributed by atoms with Gasteiger partial charge in [0.15, 0.2) is 0 Å². The van der Waals surface area contributed by atoms with Crippen LogP contribution in [0.5, 0.6) is 5.75 Å². The lowest BCUT2D eigenvalue weighted by molar-refractivity contribution is 0.182. The molecule has 0 saturated carbocycles. The third-order valence-corrected chi connectivity index (χ3v) is 2.74. The number of benzene rings is 1. The molecule has 0 saturated heterocycles. The van der Waals surface area contributed by atoms with Crippen LogP contribution >= 0.6 is 0 Å². The van der Waals surface area contributed by atoms with E-state index in [4.69, 9.17) is 19.7 Å². The lowest BCUT2D eigenvalue weighted by Gasteiger charge is -2.04. The fraction of sp³-hybridized carbons (Fsp3) is 0.385. The van der Waals surface area contributed by atoms with E-state index in [1.807, 2.05) is 24.3 Å². The molecule has 0 aliphatic heterocycles. The van der Waals surface area contributed by atoms with E-state index in [1.54, 1.807) is 14.2 Å². The lowest BCUT2D eigenvalue weighted by atomic mass is 10.2. The highest BCUT2D eigenvalue weighted by Gasteiger charge is 2.15. The van der Waals surface area contributed by atoms with Crippen molar-refractivity contribution in [3.63, 3.8) is 0 Å². The predicted octanol–water partition coefficient (Wildman–Crippen LogP) is 1.78. The number of rotatable bonds is 6. The van der Waals surface area contributed by atoms with E-state index in [-0.39, 0.29) is 6.04 Å². The van der Waals surface area contributed by atoms with Crippen LogP contribution in [0.25, 0.3) is 11.4 Å². The Morgan fingerprint density at radius 2 is 2.00 bits per heavy atom. The van der Waals surface area contributed by atoms with Crippen molar-refractivity contribution in [2.75, 3.05) is 20.8 Å². The molecule has 1 heterocycles. The van der Waals surface area contributed by atoms with E-state index in [9.17, 15) is 0 Å².